The molecule has 1 saturated heterocycles. The number of hydrogen-bond donors (Lipinski definition) is 2. The second kappa shape index (κ2) is 4.58. The van der Waals surface area contributed by atoms with Crippen molar-refractivity contribution in [2.45, 2.75) is 18.6 Å². The molecule has 0 aromatic carbocycles. The molecule has 8 heteroatoms. The average molecular weight is 239 g/mol. The zero-order chi connectivity index (χ0) is 12.3. The van der Waals surface area contributed by atoms with Crippen molar-refractivity contribution in [2.75, 3.05) is 20.1 Å². The number of amides is 3. The summed E-state index contributed by atoms with van der Waals surface area (Å²) in [6.07, 6.45) is -4.55. The van der Waals surface area contributed by atoms with Gasteiger partial charge in [-0.3, -0.25) is 4.79 Å². The van der Waals surface area contributed by atoms with Crippen molar-refractivity contribution in [1.29, 1.82) is 0 Å². The first-order valence-electron chi connectivity index (χ1n) is 4.69. The first-order valence-corrected chi connectivity index (χ1v) is 4.69. The molecule has 0 aromatic heterocycles. The number of alkyl halides is 3. The highest BCUT2D eigenvalue weighted by Gasteiger charge is 2.40. The summed E-state index contributed by atoms with van der Waals surface area (Å²) in [7, 11) is 1.43. The van der Waals surface area contributed by atoms with Gasteiger partial charge in [0.1, 0.15) is 0 Å². The quantitative estimate of drug-likeness (QED) is 0.680. The largest absolute Gasteiger partial charge is 0.471 e. The Morgan fingerprint density at radius 2 is 2.00 bits per heavy atom. The molecule has 0 saturated carbocycles. The van der Waals surface area contributed by atoms with Crippen LogP contribution in [0.15, 0.2) is 0 Å². The predicted molar refractivity (Wildman–Crippen MR) is 48.6 cm³/mol. The summed E-state index contributed by atoms with van der Waals surface area (Å²) in [5.74, 6) is -1.96. The first-order chi connectivity index (χ1) is 7.34. The number of rotatable bonds is 1. The second-order valence-electron chi connectivity index (χ2n) is 3.46. The summed E-state index contributed by atoms with van der Waals surface area (Å²) >= 11 is 0. The fraction of sp³-hybridized carbons (Fsp3) is 0.750. The van der Waals surface area contributed by atoms with Crippen molar-refractivity contribution in [3.05, 3.63) is 0 Å². The lowest BCUT2D eigenvalue weighted by atomic mass is 10.2. The van der Waals surface area contributed by atoms with Crippen molar-refractivity contribution in [2.24, 2.45) is 0 Å². The van der Waals surface area contributed by atoms with Gasteiger partial charge < -0.3 is 15.5 Å². The summed E-state index contributed by atoms with van der Waals surface area (Å²) in [6, 6.07) is -0.991. The zero-order valence-electron chi connectivity index (χ0n) is 8.60. The van der Waals surface area contributed by atoms with Crippen LogP contribution in [0.4, 0.5) is 18.0 Å². The van der Waals surface area contributed by atoms with E-state index in [-0.39, 0.29) is 12.6 Å². The highest BCUT2D eigenvalue weighted by Crippen LogP contribution is 2.16. The van der Waals surface area contributed by atoms with Gasteiger partial charge in [-0.15, -0.1) is 0 Å². The number of carbonyl (C=O) groups excluding carboxylic acids is 2. The monoisotopic (exact) mass is 239 g/mol. The fourth-order valence-corrected chi connectivity index (χ4v) is 1.49. The van der Waals surface area contributed by atoms with E-state index in [0.29, 0.717) is 13.0 Å². The Hall–Kier alpha value is -1.47. The lowest BCUT2D eigenvalue weighted by Crippen LogP contribution is -2.45. The van der Waals surface area contributed by atoms with E-state index in [4.69, 9.17) is 0 Å². The minimum absolute atomic E-state index is 0.0987. The van der Waals surface area contributed by atoms with Crippen molar-refractivity contribution >= 4 is 11.9 Å². The van der Waals surface area contributed by atoms with Crippen molar-refractivity contribution in [3.63, 3.8) is 0 Å². The first kappa shape index (κ1) is 12.6. The molecule has 3 amide bonds. The Morgan fingerprint density at radius 1 is 1.38 bits per heavy atom. The summed E-state index contributed by atoms with van der Waals surface area (Å²) in [4.78, 5) is 23.1. The van der Waals surface area contributed by atoms with E-state index < -0.39 is 18.1 Å². The van der Waals surface area contributed by atoms with Gasteiger partial charge in [0.15, 0.2) is 0 Å². The van der Waals surface area contributed by atoms with E-state index in [9.17, 15) is 22.8 Å². The number of halogens is 3. The third-order valence-electron chi connectivity index (χ3n) is 2.28. The highest BCUT2D eigenvalue weighted by molar-refractivity contribution is 5.82. The molecule has 0 spiro atoms. The maximum absolute atomic E-state index is 11.9. The normalized spacial score (nSPS) is 20.8. The van der Waals surface area contributed by atoms with Crippen molar-refractivity contribution < 1.29 is 22.8 Å². The number of carbonyl (C=O) groups is 2. The molecule has 16 heavy (non-hydrogen) atoms. The van der Waals surface area contributed by atoms with Gasteiger partial charge in [0.25, 0.3) is 0 Å². The Morgan fingerprint density at radius 3 is 2.50 bits per heavy atom. The number of nitrogens with zero attached hydrogens (tertiary/aromatic N) is 1. The van der Waals surface area contributed by atoms with Crippen LogP contribution in [-0.4, -0.2) is 49.2 Å². The lowest BCUT2D eigenvalue weighted by Gasteiger charge is -2.16. The molecule has 0 bridgehead atoms. The third-order valence-corrected chi connectivity index (χ3v) is 2.28. The van der Waals surface area contributed by atoms with Crippen LogP contribution in [0.5, 0.6) is 0 Å². The molecule has 0 aliphatic carbocycles. The molecule has 0 aromatic rings. The van der Waals surface area contributed by atoms with E-state index in [2.05, 4.69) is 5.32 Å². The van der Waals surface area contributed by atoms with Crippen LogP contribution in [0.25, 0.3) is 0 Å². The molecular weight excluding hydrogens is 227 g/mol. The van der Waals surface area contributed by atoms with Gasteiger partial charge >= 0.3 is 18.1 Å². The summed E-state index contributed by atoms with van der Waals surface area (Å²) < 4.78 is 35.8. The van der Waals surface area contributed by atoms with Gasteiger partial charge in [0.05, 0.1) is 0 Å². The minimum atomic E-state index is -4.87. The number of nitrogens with one attached hydrogen (secondary N) is 2. The minimum Gasteiger partial charge on any atom is -0.344 e. The number of hydrogen-bond acceptors (Lipinski definition) is 2. The van der Waals surface area contributed by atoms with Gasteiger partial charge in [-0.25, -0.2) is 4.79 Å². The molecule has 1 aliphatic heterocycles. The smallest absolute Gasteiger partial charge is 0.344 e. The maximum atomic E-state index is 11.9. The van der Waals surface area contributed by atoms with Crippen LogP contribution in [0.3, 0.4) is 0 Å². The van der Waals surface area contributed by atoms with Gasteiger partial charge in [0, 0.05) is 26.2 Å². The molecule has 1 atom stereocenters. The van der Waals surface area contributed by atoms with Crippen LogP contribution < -0.4 is 10.6 Å². The Labute approximate surface area is 90.0 Å². The Bertz CT molecular complexity index is 293. The lowest BCUT2D eigenvalue weighted by molar-refractivity contribution is -0.174. The van der Waals surface area contributed by atoms with Gasteiger partial charge in [-0.05, 0) is 6.42 Å². The van der Waals surface area contributed by atoms with E-state index in [1.165, 1.54) is 11.9 Å². The van der Waals surface area contributed by atoms with Crippen LogP contribution >= 0.6 is 0 Å². The molecule has 1 heterocycles. The average Bonchev–Trinajstić information content (AvgIpc) is 2.63. The van der Waals surface area contributed by atoms with Gasteiger partial charge in [-0.2, -0.15) is 13.2 Å². The Kier molecular flexibility index (Phi) is 3.61. The second-order valence-corrected chi connectivity index (χ2v) is 3.46. The van der Waals surface area contributed by atoms with Gasteiger partial charge in [-0.1, -0.05) is 0 Å². The van der Waals surface area contributed by atoms with Crippen molar-refractivity contribution in [1.82, 2.24) is 15.5 Å². The third kappa shape index (κ3) is 3.01. The van der Waals surface area contributed by atoms with Crippen LogP contribution in [-0.2, 0) is 4.79 Å². The van der Waals surface area contributed by atoms with E-state index >= 15 is 0 Å². The summed E-state index contributed by atoms with van der Waals surface area (Å²) in [5, 5.41) is 4.21. The standard InChI is InChI=1S/C8H12F3N3O2/c1-12-7(16)14-3-2-5(4-14)13-6(15)8(9,10)11/h5H,2-4H2,1H3,(H,12,16)(H,13,15). The number of urea groups is 1. The Balaban J connectivity index is 2.43. The molecule has 1 aliphatic rings. The van der Waals surface area contributed by atoms with Gasteiger partial charge in [0.2, 0.25) is 0 Å². The van der Waals surface area contributed by atoms with Crippen LogP contribution in [0.2, 0.25) is 0 Å². The zero-order valence-corrected chi connectivity index (χ0v) is 8.60. The molecule has 1 rings (SSSR count). The molecule has 1 unspecified atom stereocenters. The molecule has 92 valence electrons. The molecule has 2 N–H and O–H groups in total. The summed E-state index contributed by atoms with van der Waals surface area (Å²) in [6.45, 7) is 0.434. The maximum Gasteiger partial charge on any atom is 0.471 e. The van der Waals surface area contributed by atoms with Crippen LogP contribution in [0, 0.1) is 0 Å². The molecule has 1 fully saturated rings. The fourth-order valence-electron chi connectivity index (χ4n) is 1.49. The predicted octanol–water partition coefficient (Wildman–Crippen LogP) is 0.0786. The van der Waals surface area contributed by atoms with E-state index in [0.717, 1.165) is 0 Å². The number of likely N-dealkylation sites (tertiary alicyclic amines) is 1. The topological polar surface area (TPSA) is 61.4 Å². The van der Waals surface area contributed by atoms with Crippen LogP contribution in [0.1, 0.15) is 6.42 Å². The van der Waals surface area contributed by atoms with E-state index in [1.807, 2.05) is 5.32 Å². The van der Waals surface area contributed by atoms with E-state index in [1.54, 1.807) is 0 Å². The summed E-state index contributed by atoms with van der Waals surface area (Å²) in [5.41, 5.74) is 0. The molecular formula is C8H12F3N3O2. The highest BCUT2D eigenvalue weighted by atomic mass is 19.4. The molecule has 0 radical (unpaired) electrons. The van der Waals surface area contributed by atoms with Crippen molar-refractivity contribution in [3.8, 4) is 0 Å². The molecule has 5 nitrogen and oxygen atoms in total. The SMILES string of the molecule is CNC(=O)N1CCC(NC(=O)C(F)(F)F)C1.